The van der Waals surface area contributed by atoms with E-state index in [1.165, 1.54) is 128 Å². The SMILES string of the molecule is CC1(C)c2ccccc2-c2ccc3c(c21)-c1cc(-c2ccc4oc5ccccc5c4c2)c2c4c1B3c1ccc3c(c1N4c1cccc4c1C2(C)c1ccccc1-4)C(C)(C)c1ccccc1-3. The van der Waals surface area contributed by atoms with Crippen LogP contribution in [-0.4, -0.2) is 6.71 Å². The first-order valence-electron chi connectivity index (χ1n) is 23.4. The molecule has 304 valence electrons. The van der Waals surface area contributed by atoms with Gasteiger partial charge < -0.3 is 9.32 Å². The summed E-state index contributed by atoms with van der Waals surface area (Å²) < 4.78 is 6.50. The average Bonchev–Trinajstić information content (AvgIpc) is 4.07. The van der Waals surface area contributed by atoms with E-state index in [0.29, 0.717) is 0 Å². The minimum absolute atomic E-state index is 0.0638. The molecule has 9 aromatic carbocycles. The van der Waals surface area contributed by atoms with Gasteiger partial charge in [-0.25, -0.2) is 0 Å². The molecule has 1 atom stereocenters. The first-order chi connectivity index (χ1) is 31.7. The topological polar surface area (TPSA) is 16.4 Å². The number of rotatable bonds is 1. The molecule has 65 heavy (non-hydrogen) atoms. The Morgan fingerprint density at radius 1 is 0.415 bits per heavy atom. The zero-order chi connectivity index (χ0) is 43.0. The maximum atomic E-state index is 6.50. The number of hydrogen-bond acceptors (Lipinski definition) is 2. The standard InChI is InChI=1S/C62H42BNO/c1-60(2)44-20-10-6-15-34(44)39-26-28-47-52(54(39)60)43-32-41(33-25-30-51-42(31-33)37-18-9-13-24-50(37)65-51)56-59-57(43)63(47)48-29-27-40-35-16-7-11-21-45(35)61(3,4)55(40)58(48)64(59)49-23-14-19-38-36-17-8-12-22-46(36)62(56,5)53(38)49/h6-32H,1-5H3. The Kier molecular flexibility index (Phi) is 5.99. The fourth-order valence-electron chi connectivity index (χ4n) is 14.7. The molecule has 3 heteroatoms. The van der Waals surface area contributed by atoms with Crippen molar-refractivity contribution in [3.63, 3.8) is 0 Å². The van der Waals surface area contributed by atoms with Crippen molar-refractivity contribution in [1.29, 1.82) is 0 Å². The summed E-state index contributed by atoms with van der Waals surface area (Å²) in [5.74, 6) is 0. The van der Waals surface area contributed by atoms with Crippen LogP contribution in [0.25, 0.3) is 77.6 Å². The smallest absolute Gasteiger partial charge is 0.248 e. The number of hydrogen-bond donors (Lipinski definition) is 0. The number of nitrogens with zero attached hydrogens (tertiary/aromatic N) is 1. The zero-order valence-corrected chi connectivity index (χ0v) is 37.0. The van der Waals surface area contributed by atoms with E-state index in [1.807, 2.05) is 0 Å². The second kappa shape index (κ2) is 11.1. The predicted molar refractivity (Wildman–Crippen MR) is 270 cm³/mol. The summed E-state index contributed by atoms with van der Waals surface area (Å²) in [4.78, 5) is 2.79. The lowest BCUT2D eigenvalue weighted by molar-refractivity contribution is 0.659. The molecule has 0 bridgehead atoms. The van der Waals surface area contributed by atoms with E-state index < -0.39 is 5.41 Å². The Bertz CT molecular complexity index is 3940. The lowest BCUT2D eigenvalue weighted by atomic mass is 9.36. The highest BCUT2D eigenvalue weighted by atomic mass is 16.3. The van der Waals surface area contributed by atoms with Crippen molar-refractivity contribution in [3.05, 3.63) is 203 Å². The maximum Gasteiger partial charge on any atom is 0.248 e. The summed E-state index contributed by atoms with van der Waals surface area (Å²) in [5, 5.41) is 2.31. The minimum Gasteiger partial charge on any atom is -0.456 e. The van der Waals surface area contributed by atoms with Crippen LogP contribution in [0, 0.1) is 0 Å². The number of furan rings is 1. The number of anilines is 3. The molecule has 16 rings (SSSR count). The van der Waals surface area contributed by atoms with E-state index >= 15 is 0 Å². The van der Waals surface area contributed by atoms with Crippen LogP contribution in [0.4, 0.5) is 17.1 Å². The zero-order valence-electron chi connectivity index (χ0n) is 37.0. The van der Waals surface area contributed by atoms with E-state index in [2.05, 4.69) is 203 Å². The summed E-state index contributed by atoms with van der Waals surface area (Å²) >= 11 is 0. The third-order valence-electron chi connectivity index (χ3n) is 17.2. The largest absolute Gasteiger partial charge is 0.456 e. The lowest BCUT2D eigenvalue weighted by Gasteiger charge is -2.49. The van der Waals surface area contributed by atoms with Gasteiger partial charge in [0.05, 0.1) is 5.69 Å². The molecule has 3 aliphatic heterocycles. The lowest BCUT2D eigenvalue weighted by Crippen LogP contribution is -2.57. The molecule has 0 saturated heterocycles. The highest BCUT2D eigenvalue weighted by molar-refractivity contribution is 7.01. The van der Waals surface area contributed by atoms with Crippen molar-refractivity contribution in [2.75, 3.05) is 4.90 Å². The van der Waals surface area contributed by atoms with Crippen molar-refractivity contribution in [3.8, 4) is 55.6 Å². The second-order valence-electron chi connectivity index (χ2n) is 20.8. The van der Waals surface area contributed by atoms with E-state index in [1.54, 1.807) is 0 Å². The van der Waals surface area contributed by atoms with Crippen LogP contribution in [0.1, 0.15) is 73.6 Å². The van der Waals surface area contributed by atoms with Crippen LogP contribution >= 0.6 is 0 Å². The van der Waals surface area contributed by atoms with Gasteiger partial charge in [-0.2, -0.15) is 0 Å². The molecule has 2 nitrogen and oxygen atoms in total. The molecule has 3 aliphatic carbocycles. The molecular formula is C62H42BNO. The summed E-state index contributed by atoms with van der Waals surface area (Å²) in [5.41, 5.74) is 32.7. The first-order valence-corrected chi connectivity index (χ1v) is 23.4. The van der Waals surface area contributed by atoms with Crippen molar-refractivity contribution >= 4 is 62.1 Å². The van der Waals surface area contributed by atoms with Crippen LogP contribution in [0.2, 0.25) is 0 Å². The Labute approximate surface area is 378 Å². The molecule has 0 radical (unpaired) electrons. The molecule has 0 N–H and O–H groups in total. The molecule has 0 saturated carbocycles. The molecular weight excluding hydrogens is 785 g/mol. The number of para-hydroxylation sites is 1. The number of benzene rings is 9. The van der Waals surface area contributed by atoms with Crippen molar-refractivity contribution < 1.29 is 4.42 Å². The molecule has 0 amide bonds. The van der Waals surface area contributed by atoms with Crippen LogP contribution in [-0.2, 0) is 16.2 Å². The normalized spacial score (nSPS) is 18.2. The monoisotopic (exact) mass is 827 g/mol. The molecule has 1 aromatic heterocycles. The Morgan fingerprint density at radius 2 is 1.02 bits per heavy atom. The van der Waals surface area contributed by atoms with Gasteiger partial charge in [-0.15, -0.1) is 0 Å². The third kappa shape index (κ3) is 3.78. The van der Waals surface area contributed by atoms with Gasteiger partial charge in [0.1, 0.15) is 11.2 Å². The van der Waals surface area contributed by atoms with Gasteiger partial charge in [0.25, 0.3) is 0 Å². The van der Waals surface area contributed by atoms with Crippen LogP contribution in [0.3, 0.4) is 0 Å². The summed E-state index contributed by atoms with van der Waals surface area (Å²) in [6, 6.07) is 62.8. The van der Waals surface area contributed by atoms with Gasteiger partial charge in [-0.3, -0.25) is 0 Å². The Hall–Kier alpha value is -7.36. The van der Waals surface area contributed by atoms with Crippen LogP contribution < -0.4 is 21.3 Å². The fraction of sp³-hybridized carbons (Fsp3) is 0.129. The molecule has 1 unspecified atom stereocenters. The summed E-state index contributed by atoms with van der Waals surface area (Å²) in [7, 11) is 0. The van der Waals surface area contributed by atoms with Gasteiger partial charge >= 0.3 is 0 Å². The third-order valence-corrected chi connectivity index (χ3v) is 17.2. The second-order valence-corrected chi connectivity index (χ2v) is 20.8. The summed E-state index contributed by atoms with van der Waals surface area (Å²) in [6.45, 7) is 12.5. The van der Waals surface area contributed by atoms with Crippen molar-refractivity contribution in [2.45, 2.75) is 50.9 Å². The molecule has 4 heterocycles. The average molecular weight is 828 g/mol. The first kappa shape index (κ1) is 35.0. The predicted octanol–water partition coefficient (Wildman–Crippen LogP) is 13.8. The van der Waals surface area contributed by atoms with E-state index in [-0.39, 0.29) is 17.5 Å². The molecule has 0 spiro atoms. The Balaban J connectivity index is 1.12. The van der Waals surface area contributed by atoms with Gasteiger partial charge in [0.2, 0.25) is 6.71 Å². The maximum absolute atomic E-state index is 6.50. The van der Waals surface area contributed by atoms with Gasteiger partial charge in [0.15, 0.2) is 0 Å². The van der Waals surface area contributed by atoms with Gasteiger partial charge in [0, 0.05) is 38.4 Å². The Morgan fingerprint density at radius 3 is 1.78 bits per heavy atom. The van der Waals surface area contributed by atoms with Crippen molar-refractivity contribution in [2.24, 2.45) is 0 Å². The quantitative estimate of drug-likeness (QED) is 0.153. The highest BCUT2D eigenvalue weighted by Gasteiger charge is 2.57. The van der Waals surface area contributed by atoms with E-state index in [0.717, 1.165) is 21.9 Å². The van der Waals surface area contributed by atoms with Crippen molar-refractivity contribution in [1.82, 2.24) is 0 Å². The van der Waals surface area contributed by atoms with Gasteiger partial charge in [-0.1, -0.05) is 167 Å². The number of fused-ring (bicyclic) bond motifs is 22. The molecule has 6 aliphatic rings. The summed E-state index contributed by atoms with van der Waals surface area (Å²) in [6.07, 6.45) is 0. The molecule has 0 fully saturated rings. The highest BCUT2D eigenvalue weighted by Crippen LogP contribution is 2.67. The van der Waals surface area contributed by atoms with E-state index in [4.69, 9.17) is 4.42 Å². The fourth-order valence-corrected chi connectivity index (χ4v) is 14.7. The molecule has 10 aromatic rings. The van der Waals surface area contributed by atoms with Crippen LogP contribution in [0.5, 0.6) is 0 Å². The van der Waals surface area contributed by atoms with Crippen LogP contribution in [0.15, 0.2) is 168 Å². The van der Waals surface area contributed by atoms with E-state index in [9.17, 15) is 0 Å². The van der Waals surface area contributed by atoms with Gasteiger partial charge in [-0.05, 0) is 143 Å². The minimum atomic E-state index is -0.434.